The van der Waals surface area contributed by atoms with Crippen molar-refractivity contribution in [3.8, 4) is 11.1 Å². The van der Waals surface area contributed by atoms with E-state index in [9.17, 15) is 4.39 Å². The number of rotatable bonds is 2. The summed E-state index contributed by atoms with van der Waals surface area (Å²) in [5, 5.41) is 0.532. The lowest BCUT2D eigenvalue weighted by atomic mass is 9.95. The van der Waals surface area contributed by atoms with Crippen LogP contribution in [0.25, 0.3) is 11.1 Å². The molecule has 0 aliphatic rings. The Hall–Kier alpha value is -1.38. The van der Waals surface area contributed by atoms with Crippen LogP contribution in [0.2, 0.25) is 5.02 Å². The Morgan fingerprint density at radius 2 is 1.72 bits per heavy atom. The molecule has 0 unspecified atom stereocenters. The van der Waals surface area contributed by atoms with Crippen LogP contribution in [0.1, 0.15) is 16.7 Å². The molecule has 0 amide bonds. The topological polar surface area (TPSA) is 26.0 Å². The number of hydrogen-bond acceptors (Lipinski definition) is 1. The van der Waals surface area contributed by atoms with E-state index in [-0.39, 0.29) is 5.82 Å². The summed E-state index contributed by atoms with van der Waals surface area (Å²) in [5.74, 6) is -0.265. The van der Waals surface area contributed by atoms with Crippen molar-refractivity contribution in [2.24, 2.45) is 5.73 Å². The molecule has 2 aromatic carbocycles. The van der Waals surface area contributed by atoms with Crippen LogP contribution in [0.4, 0.5) is 4.39 Å². The summed E-state index contributed by atoms with van der Waals surface area (Å²) in [6.07, 6.45) is 0. The van der Waals surface area contributed by atoms with Gasteiger partial charge in [0.25, 0.3) is 0 Å². The fraction of sp³-hybridized carbons (Fsp3) is 0.200. The molecule has 1 nitrogen and oxygen atoms in total. The minimum atomic E-state index is -0.265. The molecule has 0 atom stereocenters. The highest BCUT2D eigenvalue weighted by molar-refractivity contribution is 6.30. The molecule has 0 bridgehead atoms. The molecule has 0 radical (unpaired) electrons. The van der Waals surface area contributed by atoms with Crippen LogP contribution in [0.15, 0.2) is 30.3 Å². The highest BCUT2D eigenvalue weighted by Crippen LogP contribution is 2.29. The molecule has 0 heterocycles. The first kappa shape index (κ1) is 13.1. The summed E-state index contributed by atoms with van der Waals surface area (Å²) in [7, 11) is 0. The van der Waals surface area contributed by atoms with Gasteiger partial charge in [0.2, 0.25) is 0 Å². The van der Waals surface area contributed by atoms with Crippen LogP contribution >= 0.6 is 11.6 Å². The van der Waals surface area contributed by atoms with Gasteiger partial charge in [-0.1, -0.05) is 23.7 Å². The Morgan fingerprint density at radius 3 is 2.28 bits per heavy atom. The predicted octanol–water partition coefficient (Wildman–Crippen LogP) is 4.22. The summed E-state index contributed by atoms with van der Waals surface area (Å²) in [4.78, 5) is 0. The molecule has 2 rings (SSSR count). The molecule has 18 heavy (non-hydrogen) atoms. The lowest BCUT2D eigenvalue weighted by molar-refractivity contribution is 0.631. The molecule has 0 saturated carbocycles. The second-order valence-corrected chi connectivity index (χ2v) is 4.85. The van der Waals surface area contributed by atoms with Gasteiger partial charge in [0.05, 0.1) is 0 Å². The van der Waals surface area contributed by atoms with Gasteiger partial charge in [-0.2, -0.15) is 0 Å². The average molecular weight is 264 g/mol. The van der Waals surface area contributed by atoms with Crippen molar-refractivity contribution >= 4 is 11.6 Å². The molecule has 0 saturated heterocycles. The van der Waals surface area contributed by atoms with Crippen LogP contribution in [0.3, 0.4) is 0 Å². The van der Waals surface area contributed by atoms with Crippen LogP contribution in [-0.4, -0.2) is 0 Å². The predicted molar refractivity (Wildman–Crippen MR) is 74.2 cm³/mol. The first-order chi connectivity index (χ1) is 8.52. The third kappa shape index (κ3) is 2.40. The second-order valence-electron chi connectivity index (χ2n) is 4.42. The first-order valence-corrected chi connectivity index (χ1v) is 6.16. The van der Waals surface area contributed by atoms with E-state index < -0.39 is 0 Å². The Kier molecular flexibility index (Phi) is 3.69. The highest BCUT2D eigenvalue weighted by atomic mass is 35.5. The summed E-state index contributed by atoms with van der Waals surface area (Å²) in [6.45, 7) is 4.47. The monoisotopic (exact) mass is 263 g/mol. The highest BCUT2D eigenvalue weighted by Gasteiger charge is 2.09. The van der Waals surface area contributed by atoms with Crippen molar-refractivity contribution in [1.82, 2.24) is 0 Å². The van der Waals surface area contributed by atoms with E-state index in [0.717, 1.165) is 22.3 Å². The Bertz CT molecular complexity index is 570. The maximum absolute atomic E-state index is 13.8. The van der Waals surface area contributed by atoms with Crippen molar-refractivity contribution in [3.63, 3.8) is 0 Å². The van der Waals surface area contributed by atoms with Crippen molar-refractivity contribution < 1.29 is 4.39 Å². The van der Waals surface area contributed by atoms with Gasteiger partial charge < -0.3 is 5.73 Å². The maximum Gasteiger partial charge on any atom is 0.131 e. The quantitative estimate of drug-likeness (QED) is 0.862. The molecule has 0 aromatic heterocycles. The minimum Gasteiger partial charge on any atom is -0.326 e. The molecular formula is C15H15ClFN. The van der Waals surface area contributed by atoms with Crippen molar-refractivity contribution in [1.29, 1.82) is 0 Å². The summed E-state index contributed by atoms with van der Waals surface area (Å²) < 4.78 is 13.8. The zero-order chi connectivity index (χ0) is 13.3. The van der Waals surface area contributed by atoms with Crippen molar-refractivity contribution in [2.45, 2.75) is 20.4 Å². The van der Waals surface area contributed by atoms with Gasteiger partial charge in [-0.05, 0) is 54.3 Å². The largest absolute Gasteiger partial charge is 0.326 e. The van der Waals surface area contributed by atoms with Gasteiger partial charge in [0.1, 0.15) is 5.82 Å². The smallest absolute Gasteiger partial charge is 0.131 e. The fourth-order valence-electron chi connectivity index (χ4n) is 2.19. The van der Waals surface area contributed by atoms with Crippen LogP contribution < -0.4 is 5.73 Å². The van der Waals surface area contributed by atoms with Gasteiger partial charge in [0.15, 0.2) is 0 Å². The van der Waals surface area contributed by atoms with Gasteiger partial charge in [0, 0.05) is 17.1 Å². The van der Waals surface area contributed by atoms with Crippen LogP contribution in [0, 0.1) is 19.7 Å². The molecule has 0 spiro atoms. The molecule has 94 valence electrons. The fourth-order valence-corrected chi connectivity index (χ4v) is 2.36. The van der Waals surface area contributed by atoms with Gasteiger partial charge in [-0.25, -0.2) is 4.39 Å². The summed E-state index contributed by atoms with van der Waals surface area (Å²) >= 11 is 5.92. The number of halogens is 2. The second kappa shape index (κ2) is 5.09. The van der Waals surface area contributed by atoms with E-state index in [2.05, 4.69) is 0 Å². The average Bonchev–Trinajstić information content (AvgIpc) is 2.32. The zero-order valence-electron chi connectivity index (χ0n) is 10.4. The van der Waals surface area contributed by atoms with Crippen molar-refractivity contribution in [3.05, 3.63) is 57.9 Å². The minimum absolute atomic E-state index is 0.265. The molecule has 0 aliphatic carbocycles. The van der Waals surface area contributed by atoms with Gasteiger partial charge >= 0.3 is 0 Å². The molecule has 2 N–H and O–H groups in total. The molecular weight excluding hydrogens is 249 g/mol. The number of benzene rings is 2. The standard InChI is InChI=1S/C15H15ClFN/c1-9-5-11(6-10(2)14(9)8-18)13-7-12(16)3-4-15(13)17/h3-7H,8,18H2,1-2H3. The summed E-state index contributed by atoms with van der Waals surface area (Å²) in [6, 6.07) is 8.48. The molecule has 2 aromatic rings. The Morgan fingerprint density at radius 1 is 1.11 bits per heavy atom. The zero-order valence-corrected chi connectivity index (χ0v) is 11.2. The van der Waals surface area contributed by atoms with E-state index in [1.807, 2.05) is 26.0 Å². The molecule has 0 fully saturated rings. The maximum atomic E-state index is 13.8. The van der Waals surface area contributed by atoms with E-state index in [1.54, 1.807) is 12.1 Å². The first-order valence-electron chi connectivity index (χ1n) is 5.78. The third-order valence-electron chi connectivity index (χ3n) is 3.14. The van der Waals surface area contributed by atoms with Crippen LogP contribution in [-0.2, 0) is 6.54 Å². The van der Waals surface area contributed by atoms with Gasteiger partial charge in [-0.15, -0.1) is 0 Å². The third-order valence-corrected chi connectivity index (χ3v) is 3.37. The van der Waals surface area contributed by atoms with Crippen LogP contribution in [0.5, 0.6) is 0 Å². The van der Waals surface area contributed by atoms with E-state index >= 15 is 0 Å². The van der Waals surface area contributed by atoms with Gasteiger partial charge in [-0.3, -0.25) is 0 Å². The Labute approximate surface area is 111 Å². The summed E-state index contributed by atoms with van der Waals surface area (Å²) in [5.41, 5.74) is 10.3. The SMILES string of the molecule is Cc1cc(-c2cc(Cl)ccc2F)cc(C)c1CN. The lowest BCUT2D eigenvalue weighted by Crippen LogP contribution is -2.02. The Balaban J connectivity index is 2.61. The number of hydrogen-bond donors (Lipinski definition) is 1. The lowest BCUT2D eigenvalue weighted by Gasteiger charge is -2.12. The molecule has 0 aliphatic heterocycles. The normalized spacial score (nSPS) is 10.7. The van der Waals surface area contributed by atoms with Crippen molar-refractivity contribution in [2.75, 3.05) is 0 Å². The molecule has 3 heteroatoms. The van der Waals surface area contributed by atoms with E-state index in [1.165, 1.54) is 6.07 Å². The number of nitrogens with two attached hydrogens (primary N) is 1. The van der Waals surface area contributed by atoms with E-state index in [4.69, 9.17) is 17.3 Å². The number of aryl methyl sites for hydroxylation is 2. The van der Waals surface area contributed by atoms with E-state index in [0.29, 0.717) is 17.1 Å².